The molecule has 3 aromatic rings. The predicted molar refractivity (Wildman–Crippen MR) is 110 cm³/mol. The van der Waals surface area contributed by atoms with Crippen LogP contribution in [0.5, 0.6) is 5.75 Å². The number of nitrogens with one attached hydrogen (secondary N) is 2. The number of ether oxygens (including phenoxy) is 1. The number of sulfone groups is 1. The average molecular weight is 401 g/mol. The van der Waals surface area contributed by atoms with Gasteiger partial charge in [0.05, 0.1) is 23.4 Å². The third-order valence-corrected chi connectivity index (χ3v) is 6.54. The van der Waals surface area contributed by atoms with Gasteiger partial charge in [-0.3, -0.25) is 0 Å². The summed E-state index contributed by atoms with van der Waals surface area (Å²) in [7, 11) is -0.212. The summed E-state index contributed by atoms with van der Waals surface area (Å²) >= 11 is 0. The van der Waals surface area contributed by atoms with Crippen LogP contribution < -0.4 is 15.4 Å². The fraction of sp³-hybridized carbons (Fsp3) is 0.250. The Hall–Kier alpha value is -3.00. The zero-order valence-corrected chi connectivity index (χ0v) is 16.8. The van der Waals surface area contributed by atoms with E-state index >= 15 is 0 Å². The molecule has 3 rings (SSSR count). The largest absolute Gasteiger partial charge is 0.495 e. The number of urea groups is 1. The number of para-hydroxylation sites is 3. The highest BCUT2D eigenvalue weighted by molar-refractivity contribution is 7.91. The van der Waals surface area contributed by atoms with Crippen molar-refractivity contribution in [1.29, 1.82) is 0 Å². The summed E-state index contributed by atoms with van der Waals surface area (Å²) in [6.07, 6.45) is 0. The van der Waals surface area contributed by atoms with Crippen molar-refractivity contribution < 1.29 is 17.9 Å². The summed E-state index contributed by atoms with van der Waals surface area (Å²) < 4.78 is 32.9. The summed E-state index contributed by atoms with van der Waals surface area (Å²) in [6.45, 7) is 1.78. The van der Waals surface area contributed by atoms with Crippen LogP contribution in [0, 0.1) is 6.92 Å². The molecule has 1 heterocycles. The first-order valence-corrected chi connectivity index (χ1v) is 10.4. The lowest BCUT2D eigenvalue weighted by Crippen LogP contribution is -2.33. The van der Waals surface area contributed by atoms with Crippen LogP contribution in [-0.2, 0) is 16.9 Å². The number of hydrogen-bond acceptors (Lipinski definition) is 4. The number of rotatable bonds is 6. The Labute approximate surface area is 164 Å². The quantitative estimate of drug-likeness (QED) is 0.664. The molecule has 8 heteroatoms. The summed E-state index contributed by atoms with van der Waals surface area (Å²) in [5, 5.41) is 5.95. The number of benzene rings is 2. The Bertz CT molecular complexity index is 1120. The van der Waals surface area contributed by atoms with Gasteiger partial charge in [-0.15, -0.1) is 0 Å². The van der Waals surface area contributed by atoms with E-state index in [1.54, 1.807) is 37.3 Å². The Morgan fingerprint density at radius 3 is 2.54 bits per heavy atom. The molecule has 2 amide bonds. The molecule has 0 aliphatic rings. The summed E-state index contributed by atoms with van der Waals surface area (Å²) in [5.41, 5.74) is 2.05. The van der Waals surface area contributed by atoms with Crippen molar-refractivity contribution in [2.75, 3.05) is 24.7 Å². The van der Waals surface area contributed by atoms with Gasteiger partial charge in [-0.05, 0) is 25.1 Å². The number of methoxy groups -OCH3 is 1. The molecule has 0 radical (unpaired) electrons. The normalized spacial score (nSPS) is 11.4. The zero-order chi connectivity index (χ0) is 20.3. The molecule has 7 nitrogen and oxygen atoms in total. The lowest BCUT2D eigenvalue weighted by atomic mass is 10.2. The van der Waals surface area contributed by atoms with Crippen molar-refractivity contribution in [2.45, 2.75) is 11.8 Å². The topological polar surface area (TPSA) is 89.4 Å². The average Bonchev–Trinajstić information content (AvgIpc) is 2.93. The van der Waals surface area contributed by atoms with Gasteiger partial charge in [-0.1, -0.05) is 30.3 Å². The van der Waals surface area contributed by atoms with Crippen LogP contribution in [0.15, 0.2) is 53.4 Å². The van der Waals surface area contributed by atoms with E-state index in [4.69, 9.17) is 4.74 Å². The smallest absolute Gasteiger partial charge is 0.319 e. The summed E-state index contributed by atoms with van der Waals surface area (Å²) in [6, 6.07) is 13.9. The lowest BCUT2D eigenvalue weighted by molar-refractivity contribution is 0.252. The van der Waals surface area contributed by atoms with Gasteiger partial charge in [0.1, 0.15) is 5.75 Å². The molecule has 0 aliphatic heterocycles. The zero-order valence-electron chi connectivity index (χ0n) is 16.0. The fourth-order valence-electron chi connectivity index (χ4n) is 3.19. The number of nitrogens with zero attached hydrogens (tertiary/aromatic N) is 1. The van der Waals surface area contributed by atoms with E-state index in [-0.39, 0.29) is 12.3 Å². The Morgan fingerprint density at radius 1 is 1.11 bits per heavy atom. The maximum atomic E-state index is 12.9. The van der Waals surface area contributed by atoms with Crippen molar-refractivity contribution in [3.8, 4) is 5.75 Å². The number of aryl methyl sites for hydroxylation is 1. The molecular formula is C20H23N3O4S. The minimum absolute atomic E-state index is 0.00796. The van der Waals surface area contributed by atoms with Gasteiger partial charge in [0, 0.05) is 30.2 Å². The summed E-state index contributed by atoms with van der Waals surface area (Å²) in [4.78, 5) is 12.4. The first-order chi connectivity index (χ1) is 13.3. The molecular weight excluding hydrogens is 378 g/mol. The minimum atomic E-state index is -3.57. The first-order valence-electron chi connectivity index (χ1n) is 8.80. The van der Waals surface area contributed by atoms with Crippen LogP contribution in [0.2, 0.25) is 0 Å². The molecule has 0 saturated heterocycles. The molecule has 0 atom stereocenters. The highest BCUT2D eigenvalue weighted by Crippen LogP contribution is 2.29. The number of anilines is 1. The molecule has 2 aromatic carbocycles. The standard InChI is InChI=1S/C20H23N3O4S/c1-14-19(15-8-4-6-10-17(15)23(14)2)28(25,26)13-12-21-20(24)22-16-9-5-7-11-18(16)27-3/h4-11H,12-13H2,1-3H3,(H2,21,22,24). The summed E-state index contributed by atoms with van der Waals surface area (Å²) in [5.74, 6) is 0.331. The molecule has 0 spiro atoms. The van der Waals surface area contributed by atoms with Crippen LogP contribution in [0.4, 0.5) is 10.5 Å². The highest BCUT2D eigenvalue weighted by Gasteiger charge is 2.24. The Balaban J connectivity index is 1.69. The number of aromatic nitrogens is 1. The number of fused-ring (bicyclic) bond motifs is 1. The van der Waals surface area contributed by atoms with Crippen molar-refractivity contribution in [2.24, 2.45) is 7.05 Å². The van der Waals surface area contributed by atoms with Crippen LogP contribution in [0.25, 0.3) is 10.9 Å². The molecule has 1 aromatic heterocycles. The predicted octanol–water partition coefficient (Wildman–Crippen LogP) is 3.09. The fourth-order valence-corrected chi connectivity index (χ4v) is 4.86. The van der Waals surface area contributed by atoms with Gasteiger partial charge >= 0.3 is 6.03 Å². The van der Waals surface area contributed by atoms with Gasteiger partial charge in [-0.25, -0.2) is 13.2 Å². The molecule has 0 fully saturated rings. The number of amides is 2. The maximum absolute atomic E-state index is 12.9. The monoisotopic (exact) mass is 401 g/mol. The highest BCUT2D eigenvalue weighted by atomic mass is 32.2. The number of hydrogen-bond donors (Lipinski definition) is 2. The van der Waals surface area contributed by atoms with E-state index in [1.165, 1.54) is 7.11 Å². The van der Waals surface area contributed by atoms with Gasteiger partial charge < -0.3 is 19.9 Å². The van der Waals surface area contributed by atoms with Gasteiger partial charge in [0.2, 0.25) is 0 Å². The molecule has 148 valence electrons. The number of carbonyl (C=O) groups is 1. The Kier molecular flexibility index (Phi) is 5.60. The molecule has 0 aliphatic carbocycles. The second kappa shape index (κ2) is 7.93. The second-order valence-corrected chi connectivity index (χ2v) is 8.44. The van der Waals surface area contributed by atoms with E-state index in [9.17, 15) is 13.2 Å². The van der Waals surface area contributed by atoms with Crippen molar-refractivity contribution in [3.63, 3.8) is 0 Å². The van der Waals surface area contributed by atoms with Gasteiger partial charge in [-0.2, -0.15) is 0 Å². The van der Waals surface area contributed by atoms with Crippen LogP contribution in [0.3, 0.4) is 0 Å². The van der Waals surface area contributed by atoms with Gasteiger partial charge in [0.15, 0.2) is 9.84 Å². The van der Waals surface area contributed by atoms with E-state index in [0.717, 1.165) is 5.52 Å². The lowest BCUT2D eigenvalue weighted by Gasteiger charge is -2.11. The van der Waals surface area contributed by atoms with Crippen molar-refractivity contribution >= 4 is 32.5 Å². The van der Waals surface area contributed by atoms with E-state index in [1.807, 2.05) is 29.8 Å². The second-order valence-electron chi connectivity index (χ2n) is 6.39. The van der Waals surface area contributed by atoms with E-state index in [0.29, 0.717) is 27.4 Å². The van der Waals surface area contributed by atoms with E-state index < -0.39 is 15.9 Å². The molecule has 28 heavy (non-hydrogen) atoms. The first kappa shape index (κ1) is 19.8. The molecule has 0 unspecified atom stereocenters. The minimum Gasteiger partial charge on any atom is -0.495 e. The Morgan fingerprint density at radius 2 is 1.79 bits per heavy atom. The number of carbonyl (C=O) groups excluding carboxylic acids is 1. The molecule has 0 saturated carbocycles. The van der Waals surface area contributed by atoms with Crippen LogP contribution in [0.1, 0.15) is 5.69 Å². The van der Waals surface area contributed by atoms with Crippen LogP contribution >= 0.6 is 0 Å². The third-order valence-electron chi connectivity index (χ3n) is 4.66. The van der Waals surface area contributed by atoms with Crippen molar-refractivity contribution in [3.05, 3.63) is 54.2 Å². The third kappa shape index (κ3) is 3.82. The van der Waals surface area contributed by atoms with Gasteiger partial charge in [0.25, 0.3) is 0 Å². The SMILES string of the molecule is COc1ccccc1NC(=O)NCCS(=O)(=O)c1c(C)n(C)c2ccccc12. The van der Waals surface area contributed by atoms with Crippen LogP contribution in [-0.4, -0.2) is 38.4 Å². The van der Waals surface area contributed by atoms with Crippen molar-refractivity contribution in [1.82, 2.24) is 9.88 Å². The van der Waals surface area contributed by atoms with E-state index in [2.05, 4.69) is 10.6 Å². The molecule has 2 N–H and O–H groups in total. The molecule has 0 bridgehead atoms. The maximum Gasteiger partial charge on any atom is 0.319 e.